The summed E-state index contributed by atoms with van der Waals surface area (Å²) < 4.78 is 32.0. The van der Waals surface area contributed by atoms with E-state index in [0.717, 1.165) is 46.2 Å². The molecule has 4 aliphatic heterocycles. The molecule has 58 heavy (non-hydrogen) atoms. The van der Waals surface area contributed by atoms with Crippen molar-refractivity contribution < 1.29 is 52.5 Å². The van der Waals surface area contributed by atoms with Gasteiger partial charge >= 0.3 is 11.9 Å². The molecule has 0 saturated heterocycles. The van der Waals surface area contributed by atoms with Crippen molar-refractivity contribution in [3.8, 4) is 40.2 Å². The average Bonchev–Trinajstić information content (AvgIpc) is 3.21. The van der Waals surface area contributed by atoms with Crippen LogP contribution in [0.4, 0.5) is 0 Å². The van der Waals surface area contributed by atoms with Gasteiger partial charge in [0, 0.05) is 50.2 Å². The third-order valence-corrected chi connectivity index (χ3v) is 13.3. The Hall–Kier alpha value is -5.26. The second kappa shape index (κ2) is 16.5. The highest BCUT2D eigenvalue weighted by molar-refractivity contribution is 5.73. The van der Waals surface area contributed by atoms with Crippen molar-refractivity contribution in [2.24, 2.45) is 0 Å². The Morgan fingerprint density at radius 3 is 1.86 bits per heavy atom. The predicted octanol–water partition coefficient (Wildman–Crippen LogP) is 8.69. The summed E-state index contributed by atoms with van der Waals surface area (Å²) in [6, 6.07) is 20.2. The van der Waals surface area contributed by atoms with Crippen LogP contribution in [0.5, 0.6) is 40.2 Å². The molecule has 11 heteroatoms. The minimum absolute atomic E-state index is 0.218. The van der Waals surface area contributed by atoms with E-state index in [1.807, 2.05) is 50.2 Å². The molecule has 11 nitrogen and oxygen atoms in total. The van der Waals surface area contributed by atoms with Crippen LogP contribution in [0, 0.1) is 0 Å². The highest BCUT2D eigenvalue weighted by atomic mass is 16.5. The van der Waals surface area contributed by atoms with Gasteiger partial charge in [-0.05, 0) is 77.6 Å². The van der Waals surface area contributed by atoms with E-state index in [9.17, 15) is 19.8 Å². The normalized spacial score (nSPS) is 23.2. The maximum absolute atomic E-state index is 13.2. The first kappa shape index (κ1) is 40.9. The van der Waals surface area contributed by atoms with E-state index in [0.29, 0.717) is 96.3 Å². The summed E-state index contributed by atoms with van der Waals surface area (Å²) >= 11 is 0. The largest absolute Gasteiger partial charge is 0.497 e. The summed E-state index contributed by atoms with van der Waals surface area (Å²) in [6.07, 6.45) is 4.93. The summed E-state index contributed by atoms with van der Waals surface area (Å²) in [6.45, 7) is 5.33. The number of rotatable bonds is 11. The van der Waals surface area contributed by atoms with Crippen LogP contribution < -0.4 is 23.7 Å². The van der Waals surface area contributed by atoms with Gasteiger partial charge in [-0.2, -0.15) is 0 Å². The molecule has 0 fully saturated rings. The van der Waals surface area contributed by atoms with E-state index in [2.05, 4.69) is 44.4 Å². The lowest BCUT2D eigenvalue weighted by atomic mass is 9.83. The smallest absolute Gasteiger partial charge is 0.362 e. The van der Waals surface area contributed by atoms with Crippen LogP contribution in [-0.4, -0.2) is 91.7 Å². The predicted molar refractivity (Wildman–Crippen MR) is 221 cm³/mol. The van der Waals surface area contributed by atoms with Crippen LogP contribution >= 0.6 is 0 Å². The Morgan fingerprint density at radius 1 is 0.672 bits per heavy atom. The van der Waals surface area contributed by atoms with Gasteiger partial charge in [0.25, 0.3) is 0 Å². The Balaban J connectivity index is 1.50. The third kappa shape index (κ3) is 7.46. The first-order valence-electron chi connectivity index (χ1n) is 20.6. The number of hydrogen-bond donors (Lipinski definition) is 2. The quantitative estimate of drug-likeness (QED) is 0.144. The fourth-order valence-electron chi connectivity index (χ4n) is 10.1. The second-order valence-electron chi connectivity index (χ2n) is 16.6. The molecule has 0 radical (unpaired) electrons. The molecule has 6 bridgehead atoms. The summed E-state index contributed by atoms with van der Waals surface area (Å²) in [4.78, 5) is 26.3. The lowest BCUT2D eigenvalue weighted by Gasteiger charge is -2.49. The van der Waals surface area contributed by atoms with Crippen LogP contribution in [0.1, 0.15) is 85.0 Å². The van der Waals surface area contributed by atoms with Crippen LogP contribution in [0.3, 0.4) is 0 Å². The molecule has 308 valence electrons. The van der Waals surface area contributed by atoms with Crippen molar-refractivity contribution in [3.63, 3.8) is 0 Å². The molecule has 2 N–H and O–H groups in total. The lowest BCUT2D eigenvalue weighted by Crippen LogP contribution is -2.60. The number of aliphatic carboxylic acids is 2. The van der Waals surface area contributed by atoms with Gasteiger partial charge in [-0.15, -0.1) is 0 Å². The number of fused-ring (bicyclic) bond motifs is 2. The van der Waals surface area contributed by atoms with Gasteiger partial charge in [0.15, 0.2) is 35.1 Å². The number of methoxy groups -OCH3 is 3. The molecule has 0 amide bonds. The Labute approximate surface area is 341 Å². The van der Waals surface area contributed by atoms with Gasteiger partial charge in [0.2, 0.25) is 0 Å². The Morgan fingerprint density at radius 2 is 1.26 bits per heavy atom. The average molecular weight is 795 g/mol. The molecule has 0 aliphatic carbocycles. The van der Waals surface area contributed by atoms with Crippen LogP contribution in [0.15, 0.2) is 66.7 Å². The van der Waals surface area contributed by atoms with Crippen molar-refractivity contribution in [2.75, 3.05) is 48.5 Å². The third-order valence-electron chi connectivity index (χ3n) is 13.3. The minimum Gasteiger partial charge on any atom is -0.497 e. The first-order chi connectivity index (χ1) is 27.9. The van der Waals surface area contributed by atoms with E-state index in [4.69, 9.17) is 23.7 Å². The van der Waals surface area contributed by atoms with Gasteiger partial charge in [0.05, 0.1) is 54.1 Å². The fourth-order valence-corrected chi connectivity index (χ4v) is 10.1. The first-order valence-corrected chi connectivity index (χ1v) is 20.6. The van der Waals surface area contributed by atoms with Gasteiger partial charge in [-0.1, -0.05) is 32.0 Å². The standard InChI is InChI=1S/C47H56N2O9/c1-8-10-36(46(50)51)48(3)20-18-31-26-41(56-7)43-28-35(31)38(48)22-29-12-15-33(16-13-29)57-42-24-30(14-17-40(42)55-6)23-39-45-32(25-34(54-5)27-44(45)58-43)19-21-49(39,4)37(11-9-2)47(52)53/h12-17,24-28,36-39H,8-11,18-23H2,1-7H3/p+2. The number of benzene rings is 4. The van der Waals surface area contributed by atoms with E-state index in [1.54, 1.807) is 21.3 Å². The fraction of sp³-hybridized carbons (Fsp3) is 0.447. The molecule has 0 aromatic heterocycles. The van der Waals surface area contributed by atoms with Crippen LogP contribution in [0.2, 0.25) is 0 Å². The van der Waals surface area contributed by atoms with Crippen molar-refractivity contribution in [1.82, 2.24) is 0 Å². The van der Waals surface area contributed by atoms with Crippen LogP contribution in [-0.2, 0) is 35.3 Å². The Kier molecular flexibility index (Phi) is 11.7. The topological polar surface area (TPSA) is 121 Å². The number of nitrogens with zero attached hydrogens (tertiary/aromatic N) is 2. The highest BCUT2D eigenvalue weighted by Gasteiger charge is 2.50. The minimum atomic E-state index is -0.822. The molecule has 8 rings (SSSR count). The second-order valence-corrected chi connectivity index (χ2v) is 16.6. The van der Waals surface area contributed by atoms with Gasteiger partial charge in [-0.25, -0.2) is 9.59 Å². The monoisotopic (exact) mass is 794 g/mol. The molecule has 4 aliphatic rings. The molecular formula is C47H58N2O9+2. The van der Waals surface area contributed by atoms with Crippen molar-refractivity contribution >= 4 is 11.9 Å². The number of likely N-dealkylation sites (N-methyl/N-ethyl adjacent to an activating group) is 2. The number of carbonyl (C=O) groups is 2. The van der Waals surface area contributed by atoms with E-state index >= 15 is 0 Å². The van der Waals surface area contributed by atoms with E-state index in [1.165, 1.54) is 0 Å². The molecule has 4 aromatic carbocycles. The van der Waals surface area contributed by atoms with Crippen molar-refractivity contribution in [3.05, 3.63) is 100 Å². The van der Waals surface area contributed by atoms with E-state index in [-0.39, 0.29) is 16.6 Å². The zero-order valence-corrected chi connectivity index (χ0v) is 34.9. The number of ether oxygens (including phenoxy) is 5. The lowest BCUT2D eigenvalue weighted by molar-refractivity contribution is -0.956. The highest BCUT2D eigenvalue weighted by Crippen LogP contribution is 2.51. The summed E-state index contributed by atoms with van der Waals surface area (Å²) in [5.41, 5.74) is 6.11. The van der Waals surface area contributed by atoms with E-state index < -0.39 is 24.0 Å². The number of carboxylic acid groups (broad SMARTS) is 2. The molecular weight excluding hydrogens is 737 g/mol. The summed E-state index contributed by atoms with van der Waals surface area (Å²) in [5, 5.41) is 21.5. The van der Waals surface area contributed by atoms with Gasteiger partial charge < -0.3 is 42.9 Å². The summed E-state index contributed by atoms with van der Waals surface area (Å²) in [5.74, 6) is 2.45. The van der Waals surface area contributed by atoms with Crippen molar-refractivity contribution in [1.29, 1.82) is 0 Å². The molecule has 4 heterocycles. The number of carboxylic acids is 2. The maximum Gasteiger partial charge on any atom is 0.362 e. The summed E-state index contributed by atoms with van der Waals surface area (Å²) in [7, 11) is 9.06. The Bertz CT molecular complexity index is 2170. The SMILES string of the molecule is CCCC(C(=O)O)[N+]1(C)CCc2cc(OC)c3cc2C1Cc1ccc(cc1)Oc1cc(ccc1OC)CC1c2c(cc(OC)cc2O3)CC[N+]1(C)C(CCC)C(=O)O. The number of hydrogen-bond acceptors (Lipinski definition) is 7. The van der Waals surface area contributed by atoms with Crippen molar-refractivity contribution in [2.45, 2.75) is 89.4 Å². The zero-order valence-electron chi connectivity index (χ0n) is 34.9. The molecule has 0 saturated carbocycles. The molecule has 0 spiro atoms. The number of quaternary nitrogens is 2. The molecule has 6 atom stereocenters. The molecule has 6 unspecified atom stereocenters. The zero-order chi connectivity index (χ0) is 41.4. The van der Waals surface area contributed by atoms with Gasteiger partial charge in [0.1, 0.15) is 29.3 Å². The van der Waals surface area contributed by atoms with Crippen LogP contribution in [0.25, 0.3) is 0 Å². The molecule has 4 aromatic rings. The van der Waals surface area contributed by atoms with Gasteiger partial charge in [-0.3, -0.25) is 0 Å². The maximum atomic E-state index is 13.2.